The van der Waals surface area contributed by atoms with Crippen molar-refractivity contribution in [3.63, 3.8) is 0 Å². The van der Waals surface area contributed by atoms with Crippen molar-refractivity contribution in [2.45, 2.75) is 31.1 Å². The number of allylic oxidation sites excluding steroid dienone is 2. The Kier molecular flexibility index (Phi) is 4.32. The molecule has 0 N–H and O–H groups in total. The monoisotopic (exact) mass is 333 g/mol. The molecule has 0 saturated carbocycles. The first kappa shape index (κ1) is 16.2. The van der Waals surface area contributed by atoms with Gasteiger partial charge in [-0.05, 0) is 49.3 Å². The molecule has 4 nitrogen and oxygen atoms in total. The SMILES string of the molecule is CC1=CC[C@H]2CN(C(=O)Cc3ccc(S(C)(=O)=O)cc3)C[C@H]2C1. The van der Waals surface area contributed by atoms with Crippen LogP contribution in [0.25, 0.3) is 0 Å². The number of hydrogen-bond acceptors (Lipinski definition) is 3. The number of likely N-dealkylation sites (tertiary alicyclic amines) is 1. The third-order valence-electron chi connectivity index (χ3n) is 4.99. The van der Waals surface area contributed by atoms with Crippen LogP contribution in [-0.2, 0) is 21.1 Å². The lowest BCUT2D eigenvalue weighted by molar-refractivity contribution is -0.129. The lowest BCUT2D eigenvalue weighted by Crippen LogP contribution is -2.30. The number of carbonyl (C=O) groups excluding carboxylic acids is 1. The summed E-state index contributed by atoms with van der Waals surface area (Å²) < 4.78 is 22.9. The number of amides is 1. The zero-order valence-corrected chi connectivity index (χ0v) is 14.5. The van der Waals surface area contributed by atoms with E-state index >= 15 is 0 Å². The van der Waals surface area contributed by atoms with Crippen molar-refractivity contribution >= 4 is 15.7 Å². The van der Waals surface area contributed by atoms with Gasteiger partial charge in [-0.3, -0.25) is 4.79 Å². The maximum absolute atomic E-state index is 12.5. The van der Waals surface area contributed by atoms with E-state index in [9.17, 15) is 13.2 Å². The van der Waals surface area contributed by atoms with Crippen LogP contribution in [0.15, 0.2) is 40.8 Å². The molecule has 0 aromatic heterocycles. The Morgan fingerprint density at radius 3 is 2.48 bits per heavy atom. The van der Waals surface area contributed by atoms with Crippen molar-refractivity contribution in [2.75, 3.05) is 19.3 Å². The summed E-state index contributed by atoms with van der Waals surface area (Å²) in [6.07, 6.45) is 6.03. The number of nitrogens with zero attached hydrogens (tertiary/aromatic N) is 1. The van der Waals surface area contributed by atoms with Crippen molar-refractivity contribution in [1.29, 1.82) is 0 Å². The second kappa shape index (κ2) is 6.11. The van der Waals surface area contributed by atoms with Crippen molar-refractivity contribution in [2.24, 2.45) is 11.8 Å². The number of benzene rings is 1. The van der Waals surface area contributed by atoms with Crippen LogP contribution < -0.4 is 0 Å². The fourth-order valence-corrected chi connectivity index (χ4v) is 4.26. The molecule has 1 heterocycles. The summed E-state index contributed by atoms with van der Waals surface area (Å²) in [7, 11) is -3.18. The predicted molar refractivity (Wildman–Crippen MR) is 89.8 cm³/mol. The fraction of sp³-hybridized carbons (Fsp3) is 0.500. The number of rotatable bonds is 3. The maximum atomic E-state index is 12.5. The quantitative estimate of drug-likeness (QED) is 0.799. The average Bonchev–Trinajstić information content (AvgIpc) is 2.90. The van der Waals surface area contributed by atoms with Crippen molar-refractivity contribution < 1.29 is 13.2 Å². The van der Waals surface area contributed by atoms with E-state index in [0.717, 1.165) is 31.5 Å². The molecule has 5 heteroatoms. The van der Waals surface area contributed by atoms with Gasteiger partial charge in [-0.25, -0.2) is 8.42 Å². The van der Waals surface area contributed by atoms with E-state index in [-0.39, 0.29) is 5.91 Å². The summed E-state index contributed by atoms with van der Waals surface area (Å²) in [6.45, 7) is 3.88. The molecule has 1 aliphatic carbocycles. The minimum atomic E-state index is -3.18. The first-order chi connectivity index (χ1) is 10.8. The van der Waals surface area contributed by atoms with E-state index in [1.165, 1.54) is 11.8 Å². The molecule has 1 aliphatic heterocycles. The van der Waals surface area contributed by atoms with Crippen LogP contribution in [0, 0.1) is 11.8 Å². The summed E-state index contributed by atoms with van der Waals surface area (Å²) in [5.74, 6) is 1.36. The van der Waals surface area contributed by atoms with E-state index < -0.39 is 9.84 Å². The van der Waals surface area contributed by atoms with Gasteiger partial charge in [-0.2, -0.15) is 0 Å². The van der Waals surface area contributed by atoms with E-state index in [1.54, 1.807) is 24.3 Å². The molecule has 1 aromatic rings. The van der Waals surface area contributed by atoms with Gasteiger partial charge in [0.1, 0.15) is 0 Å². The van der Waals surface area contributed by atoms with Crippen molar-refractivity contribution in [1.82, 2.24) is 4.90 Å². The molecule has 0 spiro atoms. The molecule has 3 rings (SSSR count). The highest BCUT2D eigenvalue weighted by Crippen LogP contribution is 2.35. The second-order valence-electron chi connectivity index (χ2n) is 6.90. The van der Waals surface area contributed by atoms with Gasteiger partial charge in [-0.15, -0.1) is 0 Å². The summed E-state index contributed by atoms with van der Waals surface area (Å²) in [6, 6.07) is 6.64. The Hall–Kier alpha value is -1.62. The van der Waals surface area contributed by atoms with E-state index in [0.29, 0.717) is 23.2 Å². The highest BCUT2D eigenvalue weighted by molar-refractivity contribution is 7.90. The van der Waals surface area contributed by atoms with Crippen molar-refractivity contribution in [3.05, 3.63) is 41.5 Å². The molecule has 2 atom stereocenters. The highest BCUT2D eigenvalue weighted by atomic mass is 32.2. The van der Waals surface area contributed by atoms with Gasteiger partial charge in [0, 0.05) is 19.3 Å². The largest absolute Gasteiger partial charge is 0.342 e. The lowest BCUT2D eigenvalue weighted by Gasteiger charge is -2.21. The summed E-state index contributed by atoms with van der Waals surface area (Å²) in [4.78, 5) is 14.8. The lowest BCUT2D eigenvalue weighted by atomic mass is 9.83. The van der Waals surface area contributed by atoms with E-state index in [1.807, 2.05) is 4.90 Å². The standard InChI is InChI=1S/C18H23NO3S/c1-13-3-6-15-11-19(12-16(15)9-13)18(20)10-14-4-7-17(8-5-14)23(2,21)22/h3-5,7-8,15-16H,6,9-12H2,1-2H3/t15-,16+/m0/s1. The Balaban J connectivity index is 1.62. The number of fused-ring (bicyclic) bond motifs is 1. The molecular weight excluding hydrogens is 310 g/mol. The van der Waals surface area contributed by atoms with Crippen LogP contribution in [0.2, 0.25) is 0 Å². The highest BCUT2D eigenvalue weighted by Gasteiger charge is 2.35. The zero-order valence-electron chi connectivity index (χ0n) is 13.7. The fourth-order valence-electron chi connectivity index (χ4n) is 3.63. The molecule has 0 radical (unpaired) electrons. The first-order valence-corrected chi connectivity index (χ1v) is 9.94. The predicted octanol–water partition coefficient (Wildman–Crippen LogP) is 2.45. The van der Waals surface area contributed by atoms with Gasteiger partial charge in [0.15, 0.2) is 9.84 Å². The minimum Gasteiger partial charge on any atom is -0.342 e. The number of carbonyl (C=O) groups is 1. The third-order valence-corrected chi connectivity index (χ3v) is 6.12. The topological polar surface area (TPSA) is 54.5 Å². The molecule has 2 aliphatic rings. The van der Waals surface area contributed by atoms with E-state index in [2.05, 4.69) is 13.0 Å². The normalized spacial score (nSPS) is 24.3. The molecule has 0 unspecified atom stereocenters. The Bertz CT molecular complexity index is 734. The molecular formula is C18H23NO3S. The second-order valence-corrected chi connectivity index (χ2v) is 8.92. The van der Waals surface area contributed by atoms with Gasteiger partial charge in [-0.1, -0.05) is 23.8 Å². The summed E-state index contributed by atoms with van der Waals surface area (Å²) in [5, 5.41) is 0. The molecule has 0 bridgehead atoms. The number of hydrogen-bond donors (Lipinski definition) is 0. The average molecular weight is 333 g/mol. The molecule has 124 valence electrons. The molecule has 1 saturated heterocycles. The molecule has 1 fully saturated rings. The van der Waals surface area contributed by atoms with Crippen LogP contribution in [-0.4, -0.2) is 38.6 Å². The molecule has 1 amide bonds. The van der Waals surface area contributed by atoms with Crippen LogP contribution >= 0.6 is 0 Å². The zero-order chi connectivity index (χ0) is 16.6. The summed E-state index contributed by atoms with van der Waals surface area (Å²) in [5.41, 5.74) is 2.31. The Morgan fingerprint density at radius 1 is 1.17 bits per heavy atom. The van der Waals surface area contributed by atoms with Gasteiger partial charge in [0.2, 0.25) is 5.91 Å². The van der Waals surface area contributed by atoms with Crippen LogP contribution in [0.4, 0.5) is 0 Å². The molecule has 23 heavy (non-hydrogen) atoms. The smallest absolute Gasteiger partial charge is 0.227 e. The first-order valence-electron chi connectivity index (χ1n) is 8.05. The van der Waals surface area contributed by atoms with Crippen LogP contribution in [0.3, 0.4) is 0 Å². The maximum Gasteiger partial charge on any atom is 0.227 e. The van der Waals surface area contributed by atoms with Crippen LogP contribution in [0.1, 0.15) is 25.3 Å². The Labute approximate surface area is 138 Å². The third kappa shape index (κ3) is 3.66. The minimum absolute atomic E-state index is 0.143. The van der Waals surface area contributed by atoms with Gasteiger partial charge < -0.3 is 4.90 Å². The van der Waals surface area contributed by atoms with Crippen molar-refractivity contribution in [3.8, 4) is 0 Å². The van der Waals surface area contributed by atoms with Crippen LogP contribution in [0.5, 0.6) is 0 Å². The van der Waals surface area contributed by atoms with Gasteiger partial charge in [0.05, 0.1) is 11.3 Å². The van der Waals surface area contributed by atoms with E-state index in [4.69, 9.17) is 0 Å². The number of sulfone groups is 1. The summed E-state index contributed by atoms with van der Waals surface area (Å²) >= 11 is 0. The molecule has 1 aromatic carbocycles. The van der Waals surface area contributed by atoms with Gasteiger partial charge in [0.25, 0.3) is 0 Å². The Morgan fingerprint density at radius 2 is 1.83 bits per heavy atom. The van der Waals surface area contributed by atoms with Gasteiger partial charge >= 0.3 is 0 Å².